The van der Waals surface area contributed by atoms with E-state index in [4.69, 9.17) is 11.6 Å². The average Bonchev–Trinajstić information content (AvgIpc) is 2.01. The standard InChI is InChI=1S/C7H5BClF4O/c9-5-2-1-3-6(10)7(5)14-4-8(11,12)13/h1-3H,4H2/q-1. The molecule has 0 saturated heterocycles. The minimum atomic E-state index is -5.10. The lowest BCUT2D eigenvalue weighted by molar-refractivity contribution is 0.301. The number of rotatable bonds is 3. The molecule has 14 heavy (non-hydrogen) atoms. The Morgan fingerprint density at radius 1 is 1.29 bits per heavy atom. The van der Waals surface area contributed by atoms with Crippen LogP contribution in [0.1, 0.15) is 0 Å². The van der Waals surface area contributed by atoms with Crippen molar-refractivity contribution in [3.8, 4) is 5.75 Å². The first kappa shape index (κ1) is 11.2. The van der Waals surface area contributed by atoms with Gasteiger partial charge in [-0.3, -0.25) is 0 Å². The third kappa shape index (κ3) is 3.10. The molecule has 0 N–H and O–H groups in total. The predicted octanol–water partition coefficient (Wildman–Crippen LogP) is 3.24. The van der Waals surface area contributed by atoms with E-state index >= 15 is 0 Å². The zero-order valence-electron chi connectivity index (χ0n) is 6.81. The van der Waals surface area contributed by atoms with Gasteiger partial charge in [-0.05, 0) is 12.1 Å². The highest BCUT2D eigenvalue weighted by atomic mass is 35.5. The minimum absolute atomic E-state index is 0.176. The van der Waals surface area contributed by atoms with Crippen LogP contribution in [-0.2, 0) is 0 Å². The van der Waals surface area contributed by atoms with Crippen LogP contribution >= 0.6 is 11.6 Å². The first-order valence-electron chi connectivity index (χ1n) is 3.68. The smallest absolute Gasteiger partial charge is 0.515 e. The van der Waals surface area contributed by atoms with Crippen molar-refractivity contribution in [1.82, 2.24) is 0 Å². The first-order valence-corrected chi connectivity index (χ1v) is 4.06. The number of hydrogen-bond acceptors (Lipinski definition) is 1. The van der Waals surface area contributed by atoms with Crippen molar-refractivity contribution < 1.29 is 22.1 Å². The molecule has 1 rings (SSSR count). The molecule has 0 amide bonds. The third-order valence-corrected chi connectivity index (χ3v) is 1.63. The van der Waals surface area contributed by atoms with Gasteiger partial charge in [-0.2, -0.15) is 0 Å². The molecule has 0 aliphatic rings. The summed E-state index contributed by atoms with van der Waals surface area (Å²) in [5.41, 5.74) is 0. The van der Waals surface area contributed by atoms with Crippen molar-refractivity contribution in [1.29, 1.82) is 0 Å². The molecular formula is C7H5BClF4O-. The van der Waals surface area contributed by atoms with Gasteiger partial charge in [0.25, 0.3) is 0 Å². The van der Waals surface area contributed by atoms with Crippen LogP contribution in [0.3, 0.4) is 0 Å². The van der Waals surface area contributed by atoms with Crippen molar-refractivity contribution in [2.45, 2.75) is 0 Å². The fourth-order valence-electron chi connectivity index (χ4n) is 0.798. The summed E-state index contributed by atoms with van der Waals surface area (Å²) in [6.45, 7) is -6.60. The van der Waals surface area contributed by atoms with Gasteiger partial charge in [0.15, 0.2) is 11.6 Å². The largest absolute Gasteiger partial charge is 0.518 e. The van der Waals surface area contributed by atoms with Gasteiger partial charge in [0, 0.05) is 0 Å². The second-order valence-corrected chi connectivity index (χ2v) is 2.98. The summed E-state index contributed by atoms with van der Waals surface area (Å²) in [4.78, 5) is 0. The second-order valence-electron chi connectivity index (χ2n) is 2.57. The molecule has 0 saturated carbocycles. The van der Waals surface area contributed by atoms with E-state index < -0.39 is 25.1 Å². The van der Waals surface area contributed by atoms with Crippen LogP contribution in [0, 0.1) is 5.82 Å². The normalized spacial score (nSPS) is 11.5. The Morgan fingerprint density at radius 3 is 2.43 bits per heavy atom. The minimum Gasteiger partial charge on any atom is -0.518 e. The molecule has 7 heteroatoms. The molecule has 0 unspecified atom stereocenters. The van der Waals surface area contributed by atoms with E-state index in [9.17, 15) is 17.3 Å². The van der Waals surface area contributed by atoms with Crippen molar-refractivity contribution >= 4 is 18.6 Å². The van der Waals surface area contributed by atoms with Gasteiger partial charge in [0.1, 0.15) is 0 Å². The average molecular weight is 227 g/mol. The van der Waals surface area contributed by atoms with Crippen molar-refractivity contribution in [3.05, 3.63) is 29.0 Å². The molecule has 0 fully saturated rings. The van der Waals surface area contributed by atoms with Crippen LogP contribution < -0.4 is 4.74 Å². The summed E-state index contributed by atoms with van der Waals surface area (Å²) < 4.78 is 52.4. The van der Waals surface area contributed by atoms with Gasteiger partial charge >= 0.3 is 6.98 Å². The number of hydrogen-bond donors (Lipinski definition) is 0. The Kier molecular flexibility index (Phi) is 3.26. The molecule has 0 atom stereocenters. The summed E-state index contributed by atoms with van der Waals surface area (Å²) in [7, 11) is 0. The SMILES string of the molecule is Fc1cccc(Cl)c1OC[B-](F)(F)F. The van der Waals surface area contributed by atoms with Crippen molar-refractivity contribution in [3.63, 3.8) is 0 Å². The van der Waals surface area contributed by atoms with E-state index in [0.717, 1.165) is 6.07 Å². The first-order chi connectivity index (χ1) is 6.40. The third-order valence-electron chi connectivity index (χ3n) is 1.34. The zero-order chi connectivity index (χ0) is 10.8. The Bertz CT molecular complexity index is 308. The molecule has 1 aromatic rings. The van der Waals surface area contributed by atoms with Crippen LogP contribution in [-0.4, -0.2) is 13.5 Å². The van der Waals surface area contributed by atoms with E-state index in [1.54, 1.807) is 0 Å². The fraction of sp³-hybridized carbons (Fsp3) is 0.143. The zero-order valence-corrected chi connectivity index (χ0v) is 7.57. The monoisotopic (exact) mass is 227 g/mol. The number of benzene rings is 1. The Morgan fingerprint density at radius 2 is 1.93 bits per heavy atom. The summed E-state index contributed by atoms with van der Waals surface area (Å²) in [6.07, 6.45) is 0. The topological polar surface area (TPSA) is 9.23 Å². The van der Waals surface area contributed by atoms with Gasteiger partial charge in [-0.1, -0.05) is 17.7 Å². The fourth-order valence-corrected chi connectivity index (χ4v) is 1.02. The molecule has 78 valence electrons. The highest BCUT2D eigenvalue weighted by molar-refractivity contribution is 6.58. The van der Waals surface area contributed by atoms with Crippen molar-refractivity contribution in [2.24, 2.45) is 0 Å². The number of para-hydroxylation sites is 1. The Balaban J connectivity index is 2.77. The maximum absolute atomic E-state index is 12.9. The maximum atomic E-state index is 12.9. The van der Waals surface area contributed by atoms with E-state index in [-0.39, 0.29) is 5.02 Å². The molecule has 0 aromatic heterocycles. The molecule has 0 heterocycles. The van der Waals surface area contributed by atoms with Gasteiger partial charge in [0.05, 0.1) is 11.5 Å². The maximum Gasteiger partial charge on any atom is 0.515 e. The van der Waals surface area contributed by atoms with Crippen LogP contribution in [0.5, 0.6) is 5.75 Å². The molecule has 0 spiro atoms. The van der Waals surface area contributed by atoms with E-state index in [0.29, 0.717) is 0 Å². The lowest BCUT2D eigenvalue weighted by atomic mass is 9.95. The summed E-state index contributed by atoms with van der Waals surface area (Å²) in [6, 6.07) is 3.51. The van der Waals surface area contributed by atoms with Gasteiger partial charge in [0.2, 0.25) is 0 Å². The number of ether oxygens (including phenoxy) is 1. The lowest BCUT2D eigenvalue weighted by Crippen LogP contribution is -2.26. The molecule has 0 bridgehead atoms. The quantitative estimate of drug-likeness (QED) is 0.569. The van der Waals surface area contributed by atoms with Gasteiger partial charge in [-0.25, -0.2) is 4.39 Å². The van der Waals surface area contributed by atoms with E-state index in [1.165, 1.54) is 12.1 Å². The van der Waals surface area contributed by atoms with Crippen LogP contribution in [0.4, 0.5) is 17.3 Å². The molecule has 0 aliphatic carbocycles. The van der Waals surface area contributed by atoms with Crippen LogP contribution in [0.25, 0.3) is 0 Å². The lowest BCUT2D eigenvalue weighted by Gasteiger charge is -2.16. The summed E-state index contributed by atoms with van der Waals surface area (Å²) in [5, 5.41) is -0.176. The van der Waals surface area contributed by atoms with Crippen molar-refractivity contribution in [2.75, 3.05) is 6.51 Å². The molecule has 1 nitrogen and oxygen atoms in total. The van der Waals surface area contributed by atoms with E-state index in [2.05, 4.69) is 4.74 Å². The number of halogens is 5. The summed E-state index contributed by atoms with van der Waals surface area (Å²) >= 11 is 5.43. The predicted molar refractivity (Wildman–Crippen MR) is 46.0 cm³/mol. The van der Waals surface area contributed by atoms with Gasteiger partial charge in [-0.15, -0.1) is 0 Å². The van der Waals surface area contributed by atoms with E-state index in [1.807, 2.05) is 0 Å². The van der Waals surface area contributed by atoms with Crippen LogP contribution in [0.2, 0.25) is 5.02 Å². The molecule has 1 aromatic carbocycles. The Hall–Kier alpha value is -0.905. The molecular weight excluding hydrogens is 222 g/mol. The second kappa shape index (κ2) is 4.08. The molecule has 0 aliphatic heterocycles. The Labute approximate surface area is 82.7 Å². The van der Waals surface area contributed by atoms with Crippen LogP contribution in [0.15, 0.2) is 18.2 Å². The highest BCUT2D eigenvalue weighted by Crippen LogP contribution is 2.28. The highest BCUT2D eigenvalue weighted by Gasteiger charge is 2.25. The molecule has 0 radical (unpaired) electrons. The van der Waals surface area contributed by atoms with Gasteiger partial charge < -0.3 is 17.7 Å². The summed E-state index contributed by atoms with van der Waals surface area (Å²) in [5.74, 6) is -1.47.